The first-order valence-electron chi connectivity index (χ1n) is 5.33. The number of halogens is 4. The molecule has 0 amide bonds. The Bertz CT molecular complexity index is 643. The van der Waals surface area contributed by atoms with Crippen molar-refractivity contribution in [1.82, 2.24) is 9.78 Å². The van der Waals surface area contributed by atoms with Gasteiger partial charge in [-0.05, 0) is 17.7 Å². The fourth-order valence-electron chi connectivity index (χ4n) is 1.63. The molecule has 0 fully saturated rings. The van der Waals surface area contributed by atoms with Crippen LogP contribution < -0.4 is 0 Å². The van der Waals surface area contributed by atoms with Gasteiger partial charge in [0.2, 0.25) is 10.8 Å². The van der Waals surface area contributed by atoms with E-state index in [1.54, 1.807) is 0 Å². The average Bonchev–Trinajstić information content (AvgIpc) is 2.70. The van der Waals surface area contributed by atoms with E-state index in [4.69, 9.17) is 11.6 Å². The topological polar surface area (TPSA) is 61.0 Å². The third-order valence-electron chi connectivity index (χ3n) is 2.53. The highest BCUT2D eigenvalue weighted by molar-refractivity contribution is 6.31. The predicted molar refractivity (Wildman–Crippen MR) is 64.4 cm³/mol. The highest BCUT2D eigenvalue weighted by atomic mass is 35.5. The van der Waals surface area contributed by atoms with Gasteiger partial charge in [0, 0.05) is 0 Å². The maximum absolute atomic E-state index is 12.7. The number of hydrogen-bond acceptors (Lipinski definition) is 3. The van der Waals surface area contributed by atoms with Gasteiger partial charge in [0.05, 0.1) is 11.5 Å². The summed E-state index contributed by atoms with van der Waals surface area (Å²) in [6.45, 7) is -0.0767. The molecule has 9 heteroatoms. The molecule has 0 spiro atoms. The van der Waals surface area contributed by atoms with Crippen LogP contribution in [0.5, 0.6) is 0 Å². The number of alkyl halides is 2. The molecule has 0 N–H and O–H groups in total. The van der Waals surface area contributed by atoms with Gasteiger partial charge >= 0.3 is 5.69 Å². The van der Waals surface area contributed by atoms with Gasteiger partial charge in [0.15, 0.2) is 0 Å². The minimum Gasteiger partial charge on any atom is -0.258 e. The first-order valence-corrected chi connectivity index (χ1v) is 5.71. The van der Waals surface area contributed by atoms with Crippen molar-refractivity contribution < 1.29 is 18.1 Å². The molecule has 0 bridgehead atoms. The Kier molecular flexibility index (Phi) is 3.93. The highest BCUT2D eigenvalue weighted by Gasteiger charge is 2.32. The molecular formula is C11H7ClF3N3O2. The summed E-state index contributed by atoms with van der Waals surface area (Å²) in [7, 11) is 0. The molecule has 20 heavy (non-hydrogen) atoms. The molecule has 0 atom stereocenters. The molecule has 1 aromatic heterocycles. The maximum atomic E-state index is 12.7. The molecule has 2 rings (SSSR count). The fourth-order valence-corrected chi connectivity index (χ4v) is 1.90. The predicted octanol–water partition coefficient (Wildman–Crippen LogP) is 3.57. The van der Waals surface area contributed by atoms with E-state index in [9.17, 15) is 23.3 Å². The van der Waals surface area contributed by atoms with Crippen molar-refractivity contribution in [3.05, 3.63) is 56.6 Å². The van der Waals surface area contributed by atoms with Crippen LogP contribution in [0.25, 0.3) is 0 Å². The van der Waals surface area contributed by atoms with E-state index in [0.717, 1.165) is 4.68 Å². The van der Waals surface area contributed by atoms with Gasteiger partial charge < -0.3 is 0 Å². The zero-order valence-electron chi connectivity index (χ0n) is 9.76. The van der Waals surface area contributed by atoms with Crippen LogP contribution >= 0.6 is 11.6 Å². The van der Waals surface area contributed by atoms with Gasteiger partial charge in [0.1, 0.15) is 5.82 Å². The summed E-state index contributed by atoms with van der Waals surface area (Å²) in [6.07, 6.45) is -3.11. The molecule has 0 unspecified atom stereocenters. The summed E-state index contributed by atoms with van der Waals surface area (Å²) in [6, 6.07) is 5.16. The van der Waals surface area contributed by atoms with E-state index >= 15 is 0 Å². The molecule has 1 aromatic carbocycles. The summed E-state index contributed by atoms with van der Waals surface area (Å²) < 4.78 is 39.0. The van der Waals surface area contributed by atoms with Gasteiger partial charge in [-0.25, -0.2) is 17.9 Å². The number of aromatic nitrogens is 2. The Morgan fingerprint density at radius 2 is 1.95 bits per heavy atom. The molecule has 2 aromatic rings. The number of benzene rings is 1. The molecule has 0 saturated carbocycles. The molecule has 5 nitrogen and oxygen atoms in total. The molecule has 106 valence electrons. The van der Waals surface area contributed by atoms with E-state index in [0.29, 0.717) is 5.56 Å². The van der Waals surface area contributed by atoms with Crippen LogP contribution in [-0.4, -0.2) is 14.7 Å². The molecule has 0 saturated heterocycles. The van der Waals surface area contributed by atoms with E-state index in [2.05, 4.69) is 5.10 Å². The first-order chi connectivity index (χ1) is 9.40. The molecule has 1 heterocycles. The third-order valence-corrected chi connectivity index (χ3v) is 2.90. The second-order valence-electron chi connectivity index (χ2n) is 3.87. The Balaban J connectivity index is 2.40. The SMILES string of the molecule is O=[N+]([O-])c1c(C(F)F)nn(Cc2ccc(F)cc2)c1Cl. The highest BCUT2D eigenvalue weighted by Crippen LogP contribution is 2.34. The Hall–Kier alpha value is -2.09. The number of nitrogens with zero attached hydrogens (tertiary/aromatic N) is 3. The summed E-state index contributed by atoms with van der Waals surface area (Å²) in [4.78, 5) is 9.74. The summed E-state index contributed by atoms with van der Waals surface area (Å²) in [5, 5.41) is 13.7. The van der Waals surface area contributed by atoms with Crippen molar-refractivity contribution in [3.63, 3.8) is 0 Å². The first kappa shape index (κ1) is 14.3. The van der Waals surface area contributed by atoms with Crippen LogP contribution in [0, 0.1) is 15.9 Å². The van der Waals surface area contributed by atoms with Crippen LogP contribution in [0.3, 0.4) is 0 Å². The minimum atomic E-state index is -3.11. The van der Waals surface area contributed by atoms with Crippen molar-refractivity contribution in [2.75, 3.05) is 0 Å². The molecular weight excluding hydrogens is 299 g/mol. The lowest BCUT2D eigenvalue weighted by Crippen LogP contribution is -2.02. The van der Waals surface area contributed by atoms with Crippen molar-refractivity contribution in [2.24, 2.45) is 0 Å². The zero-order chi connectivity index (χ0) is 14.9. The van der Waals surface area contributed by atoms with Crippen molar-refractivity contribution >= 4 is 17.3 Å². The van der Waals surface area contributed by atoms with Gasteiger partial charge in [0.25, 0.3) is 6.43 Å². The number of hydrogen-bond donors (Lipinski definition) is 0. The number of rotatable bonds is 4. The van der Waals surface area contributed by atoms with E-state index in [-0.39, 0.29) is 6.54 Å². The maximum Gasteiger partial charge on any atom is 0.335 e. The quantitative estimate of drug-likeness (QED) is 0.641. The smallest absolute Gasteiger partial charge is 0.258 e. The summed E-state index contributed by atoms with van der Waals surface area (Å²) in [5.74, 6) is -0.459. The largest absolute Gasteiger partial charge is 0.335 e. The van der Waals surface area contributed by atoms with Gasteiger partial charge in [-0.2, -0.15) is 5.10 Å². The Morgan fingerprint density at radius 1 is 1.35 bits per heavy atom. The second kappa shape index (κ2) is 5.49. The van der Waals surface area contributed by atoms with Crippen molar-refractivity contribution in [2.45, 2.75) is 13.0 Å². The lowest BCUT2D eigenvalue weighted by Gasteiger charge is -2.02. The Morgan fingerprint density at radius 3 is 2.40 bits per heavy atom. The summed E-state index contributed by atoms with van der Waals surface area (Å²) >= 11 is 5.70. The zero-order valence-corrected chi connectivity index (χ0v) is 10.5. The standard InChI is InChI=1S/C11H7ClF3N3O2/c12-10-9(18(19)20)8(11(14)15)16-17(10)5-6-1-3-7(13)4-2-6/h1-4,11H,5H2. The average molecular weight is 306 g/mol. The number of nitro groups is 1. The molecule has 0 radical (unpaired) electrons. The lowest BCUT2D eigenvalue weighted by atomic mass is 10.2. The fraction of sp³-hybridized carbons (Fsp3) is 0.182. The molecule has 0 aliphatic carbocycles. The Labute approximate surface area is 115 Å². The van der Waals surface area contributed by atoms with E-state index in [1.807, 2.05) is 0 Å². The minimum absolute atomic E-state index is 0.0767. The van der Waals surface area contributed by atoms with E-state index < -0.39 is 33.7 Å². The van der Waals surface area contributed by atoms with Gasteiger partial charge in [-0.1, -0.05) is 23.7 Å². The van der Waals surface area contributed by atoms with Gasteiger partial charge in [-0.15, -0.1) is 0 Å². The van der Waals surface area contributed by atoms with E-state index in [1.165, 1.54) is 24.3 Å². The van der Waals surface area contributed by atoms with Crippen LogP contribution in [0.1, 0.15) is 17.7 Å². The molecule has 0 aliphatic heterocycles. The van der Waals surface area contributed by atoms with Crippen LogP contribution in [-0.2, 0) is 6.54 Å². The molecule has 0 aliphatic rings. The van der Waals surface area contributed by atoms with Crippen molar-refractivity contribution in [1.29, 1.82) is 0 Å². The van der Waals surface area contributed by atoms with Crippen LogP contribution in [0.4, 0.5) is 18.9 Å². The van der Waals surface area contributed by atoms with Gasteiger partial charge in [-0.3, -0.25) is 10.1 Å². The summed E-state index contributed by atoms with van der Waals surface area (Å²) in [5.41, 5.74) is -1.38. The monoisotopic (exact) mass is 305 g/mol. The second-order valence-corrected chi connectivity index (χ2v) is 4.22. The van der Waals surface area contributed by atoms with Crippen LogP contribution in [0.2, 0.25) is 5.15 Å². The third kappa shape index (κ3) is 2.74. The van der Waals surface area contributed by atoms with Crippen molar-refractivity contribution in [3.8, 4) is 0 Å². The normalized spacial score (nSPS) is 11.1. The lowest BCUT2D eigenvalue weighted by molar-refractivity contribution is -0.386. The van der Waals surface area contributed by atoms with Crippen LogP contribution in [0.15, 0.2) is 24.3 Å².